The molecule has 0 saturated carbocycles. The lowest BCUT2D eigenvalue weighted by Gasteiger charge is -2.14. The zero-order valence-electron chi connectivity index (χ0n) is 25.4. The lowest BCUT2D eigenvalue weighted by Crippen LogP contribution is -1.98. The van der Waals surface area contributed by atoms with E-state index >= 15 is 0 Å². The monoisotopic (exact) mass is 652 g/mol. The topological polar surface area (TPSA) is 345 Å². The van der Waals surface area contributed by atoms with Crippen LogP contribution in [0.1, 0.15) is 65.5 Å². The first kappa shape index (κ1) is 48.8. The SMILES string of the molecule is CC(=O)O.CC(=O)O.CC(=O)O.CC(=O)O.CC(=O)O.CC(=O)O.CC(Cc1cc(O)c(O)c(O)c1)c1cc(O)c(O)c(O)c1. The molecule has 0 aliphatic heterocycles. The summed E-state index contributed by atoms with van der Waals surface area (Å²) in [6, 6.07) is 5.32. The van der Waals surface area contributed by atoms with E-state index in [4.69, 9.17) is 59.4 Å². The molecule has 0 aliphatic rings. The van der Waals surface area contributed by atoms with Crippen LogP contribution in [-0.4, -0.2) is 97.1 Å². The van der Waals surface area contributed by atoms with Crippen LogP contribution in [-0.2, 0) is 35.2 Å². The third-order valence-electron chi connectivity index (χ3n) is 3.33. The maximum Gasteiger partial charge on any atom is 0.300 e. The van der Waals surface area contributed by atoms with Gasteiger partial charge in [-0.05, 0) is 47.7 Å². The molecule has 45 heavy (non-hydrogen) atoms. The Bertz CT molecular complexity index is 1070. The molecule has 2 aromatic carbocycles. The standard InChI is InChI=1S/C15H16O6.6C2H4O2/c1-7(9-5-12(18)15(21)13(19)6-9)2-8-3-10(16)14(20)11(17)4-8;6*1-2(3)4/h3-7,16-21H,2H2,1H3;6*1H3,(H,3,4). The summed E-state index contributed by atoms with van der Waals surface area (Å²) < 4.78 is 0. The molecule has 0 aliphatic carbocycles. The first-order chi connectivity index (χ1) is 20.2. The molecule has 1 atom stereocenters. The molecule has 0 bridgehead atoms. The molecule has 18 nitrogen and oxygen atoms in total. The second kappa shape index (κ2) is 26.9. The van der Waals surface area contributed by atoms with Crippen molar-refractivity contribution in [3.8, 4) is 34.5 Å². The van der Waals surface area contributed by atoms with Gasteiger partial charge in [-0.2, -0.15) is 0 Å². The van der Waals surface area contributed by atoms with Crippen molar-refractivity contribution in [2.45, 2.75) is 60.8 Å². The van der Waals surface area contributed by atoms with Gasteiger partial charge in [0.15, 0.2) is 34.5 Å². The number of phenolic OH excluding ortho intramolecular Hbond substituents is 6. The Hall–Kier alpha value is -5.94. The average Bonchev–Trinajstić information content (AvgIpc) is 2.78. The quantitative estimate of drug-likeness (QED) is 0.212. The Morgan fingerprint density at radius 1 is 0.467 bits per heavy atom. The third-order valence-corrected chi connectivity index (χ3v) is 3.33. The summed E-state index contributed by atoms with van der Waals surface area (Å²) in [6.07, 6.45) is 0.380. The first-order valence-electron chi connectivity index (χ1n) is 11.8. The summed E-state index contributed by atoms with van der Waals surface area (Å²) in [5, 5.41) is 101. The number of rotatable bonds is 3. The van der Waals surface area contributed by atoms with Crippen LogP contribution in [0.2, 0.25) is 0 Å². The molecule has 0 radical (unpaired) electrons. The lowest BCUT2D eigenvalue weighted by molar-refractivity contribution is -0.135. The van der Waals surface area contributed by atoms with E-state index in [-0.39, 0.29) is 5.92 Å². The number of hydrogen-bond donors (Lipinski definition) is 12. The predicted octanol–water partition coefficient (Wildman–Crippen LogP) is 2.81. The minimum atomic E-state index is -0.833. The summed E-state index contributed by atoms with van der Waals surface area (Å²) in [5.74, 6) is -8.02. The van der Waals surface area contributed by atoms with E-state index in [2.05, 4.69) is 0 Å². The summed E-state index contributed by atoms with van der Waals surface area (Å²) in [6.45, 7) is 8.31. The highest BCUT2D eigenvalue weighted by Crippen LogP contribution is 2.40. The highest BCUT2D eigenvalue weighted by Gasteiger charge is 2.15. The van der Waals surface area contributed by atoms with Gasteiger partial charge < -0.3 is 61.3 Å². The van der Waals surface area contributed by atoms with E-state index in [0.717, 1.165) is 41.5 Å². The molecule has 2 aromatic rings. The van der Waals surface area contributed by atoms with E-state index in [1.807, 2.05) is 6.92 Å². The Kier molecular flexibility index (Phi) is 29.2. The van der Waals surface area contributed by atoms with E-state index < -0.39 is 70.3 Å². The number of aliphatic carboxylic acids is 6. The number of benzene rings is 2. The molecule has 0 heterocycles. The summed E-state index contributed by atoms with van der Waals surface area (Å²) in [7, 11) is 0. The fourth-order valence-corrected chi connectivity index (χ4v) is 2.16. The number of carbonyl (C=O) groups is 6. The smallest absolute Gasteiger partial charge is 0.300 e. The number of aromatic hydroxyl groups is 6. The van der Waals surface area contributed by atoms with Gasteiger partial charge >= 0.3 is 0 Å². The second-order valence-corrected chi connectivity index (χ2v) is 8.11. The molecule has 2 rings (SSSR count). The van der Waals surface area contributed by atoms with Gasteiger partial charge in [-0.25, -0.2) is 0 Å². The Balaban J connectivity index is -0.000000181. The van der Waals surface area contributed by atoms with Crippen molar-refractivity contribution in [1.82, 2.24) is 0 Å². The molecule has 12 N–H and O–H groups in total. The van der Waals surface area contributed by atoms with Gasteiger partial charge in [-0.3, -0.25) is 28.8 Å². The predicted molar refractivity (Wildman–Crippen MR) is 155 cm³/mol. The average molecular weight is 653 g/mol. The first-order valence-corrected chi connectivity index (χ1v) is 11.8. The van der Waals surface area contributed by atoms with Crippen molar-refractivity contribution in [1.29, 1.82) is 0 Å². The molecule has 0 amide bonds. The van der Waals surface area contributed by atoms with E-state index in [1.165, 1.54) is 24.3 Å². The molecule has 0 fully saturated rings. The van der Waals surface area contributed by atoms with E-state index in [0.29, 0.717) is 17.5 Å². The third kappa shape index (κ3) is 42.7. The number of carboxylic acid groups (broad SMARTS) is 6. The number of hydrogen-bond acceptors (Lipinski definition) is 12. The second-order valence-electron chi connectivity index (χ2n) is 8.11. The zero-order chi connectivity index (χ0) is 37.2. The normalized spacial score (nSPS) is 9.04. The highest BCUT2D eigenvalue weighted by atomic mass is 16.4. The maximum absolute atomic E-state index is 9.50. The molecule has 0 spiro atoms. The van der Waals surface area contributed by atoms with Gasteiger partial charge in [-0.15, -0.1) is 0 Å². The van der Waals surface area contributed by atoms with Crippen molar-refractivity contribution in [2.75, 3.05) is 0 Å². The Labute approximate surface area is 256 Å². The van der Waals surface area contributed by atoms with Gasteiger partial charge in [0.25, 0.3) is 35.8 Å². The van der Waals surface area contributed by atoms with E-state index in [1.54, 1.807) is 0 Å². The van der Waals surface area contributed by atoms with Crippen LogP contribution >= 0.6 is 0 Å². The molecule has 1 unspecified atom stereocenters. The molecular formula is C27H40O18. The van der Waals surface area contributed by atoms with Crippen LogP contribution < -0.4 is 0 Å². The zero-order valence-corrected chi connectivity index (χ0v) is 25.4. The molecule has 0 saturated heterocycles. The van der Waals surface area contributed by atoms with Crippen LogP contribution in [0.25, 0.3) is 0 Å². The van der Waals surface area contributed by atoms with Gasteiger partial charge in [0.2, 0.25) is 0 Å². The van der Waals surface area contributed by atoms with Crippen LogP contribution in [0.5, 0.6) is 34.5 Å². The van der Waals surface area contributed by atoms with Crippen molar-refractivity contribution >= 4 is 35.8 Å². The number of phenols is 6. The summed E-state index contributed by atoms with van der Waals surface area (Å²) >= 11 is 0. The van der Waals surface area contributed by atoms with Gasteiger partial charge in [0.1, 0.15) is 0 Å². The van der Waals surface area contributed by atoms with Crippen LogP contribution in [0, 0.1) is 0 Å². The largest absolute Gasteiger partial charge is 0.504 e. The van der Waals surface area contributed by atoms with E-state index in [9.17, 15) is 30.6 Å². The van der Waals surface area contributed by atoms with Crippen molar-refractivity contribution in [3.05, 3.63) is 35.4 Å². The maximum atomic E-state index is 9.50. The van der Waals surface area contributed by atoms with Crippen LogP contribution in [0.4, 0.5) is 0 Å². The van der Waals surface area contributed by atoms with Crippen LogP contribution in [0.3, 0.4) is 0 Å². The van der Waals surface area contributed by atoms with Crippen LogP contribution in [0.15, 0.2) is 24.3 Å². The van der Waals surface area contributed by atoms with Crippen molar-refractivity contribution in [2.24, 2.45) is 0 Å². The lowest BCUT2D eigenvalue weighted by atomic mass is 9.93. The summed E-state index contributed by atoms with van der Waals surface area (Å²) in [5.41, 5.74) is 1.15. The van der Waals surface area contributed by atoms with Gasteiger partial charge in [0, 0.05) is 41.5 Å². The van der Waals surface area contributed by atoms with Gasteiger partial charge in [-0.1, -0.05) is 6.92 Å². The molecular weight excluding hydrogens is 612 g/mol. The number of carboxylic acids is 6. The van der Waals surface area contributed by atoms with Crippen molar-refractivity contribution in [3.63, 3.8) is 0 Å². The van der Waals surface area contributed by atoms with Gasteiger partial charge in [0.05, 0.1) is 0 Å². The molecule has 0 aromatic heterocycles. The Morgan fingerprint density at radius 2 is 0.644 bits per heavy atom. The highest BCUT2D eigenvalue weighted by molar-refractivity contribution is 5.64. The molecule has 256 valence electrons. The van der Waals surface area contributed by atoms with Crippen molar-refractivity contribution < 1.29 is 90.0 Å². The minimum Gasteiger partial charge on any atom is -0.504 e. The fraction of sp³-hybridized carbons (Fsp3) is 0.333. The minimum absolute atomic E-state index is 0.175. The summed E-state index contributed by atoms with van der Waals surface area (Å²) in [4.78, 5) is 54.0. The molecule has 18 heteroatoms. The fourth-order valence-electron chi connectivity index (χ4n) is 2.16. The Morgan fingerprint density at radius 3 is 0.844 bits per heavy atom.